The molecule has 0 N–H and O–H groups in total. The van der Waals surface area contributed by atoms with Gasteiger partial charge < -0.3 is 0 Å². The van der Waals surface area contributed by atoms with Gasteiger partial charge in [0.25, 0.3) is 0 Å². The highest BCUT2D eigenvalue weighted by Crippen LogP contribution is 2.51. The van der Waals surface area contributed by atoms with Gasteiger partial charge in [0.15, 0.2) is 0 Å². The lowest BCUT2D eigenvalue weighted by atomic mass is 9.65. The summed E-state index contributed by atoms with van der Waals surface area (Å²) in [5.41, 5.74) is 3.49. The van der Waals surface area contributed by atoms with Crippen molar-refractivity contribution in [2.45, 2.75) is 347 Å². The van der Waals surface area contributed by atoms with Crippen molar-refractivity contribution >= 4 is 0 Å². The van der Waals surface area contributed by atoms with Gasteiger partial charge in [-0.15, -0.1) is 0 Å². The molecule has 0 unspecified atom stereocenters. The summed E-state index contributed by atoms with van der Waals surface area (Å²) in [6.07, 6.45) is 61.8. The van der Waals surface area contributed by atoms with Crippen LogP contribution in [0.1, 0.15) is 347 Å². The van der Waals surface area contributed by atoms with Gasteiger partial charge in [-0.3, -0.25) is 0 Å². The van der Waals surface area contributed by atoms with E-state index < -0.39 is 0 Å². The lowest BCUT2D eigenvalue weighted by molar-refractivity contribution is 0.124. The minimum absolute atomic E-state index is 0. The van der Waals surface area contributed by atoms with Gasteiger partial charge in [-0.2, -0.15) is 0 Å². The van der Waals surface area contributed by atoms with E-state index in [4.69, 9.17) is 0 Å². The van der Waals surface area contributed by atoms with E-state index in [0.29, 0.717) is 0 Å². The van der Waals surface area contributed by atoms with E-state index in [1.54, 1.807) is 103 Å². The molecule has 8 rings (SSSR count). The van der Waals surface area contributed by atoms with Crippen molar-refractivity contribution in [1.82, 2.24) is 0 Å². The highest BCUT2D eigenvalue weighted by Gasteiger charge is 2.37. The molecule has 0 aliphatic heterocycles. The first-order chi connectivity index (χ1) is 26.7. The Morgan fingerprint density at radius 2 is 0.246 bits per heavy atom. The maximum atomic E-state index is 2.12. The molecular weight excluding hydrogens is 685 g/mol. The summed E-state index contributed by atoms with van der Waals surface area (Å²) in [4.78, 5) is 0. The molecule has 0 heteroatoms. The van der Waals surface area contributed by atoms with Gasteiger partial charge in [-0.05, 0) is 124 Å². The summed E-state index contributed by atoms with van der Waals surface area (Å²) in [7, 11) is 0. The molecule has 4 spiro atoms. The molecule has 0 radical (unpaired) electrons. The lowest BCUT2D eigenvalue weighted by Gasteiger charge is -2.40. The summed E-state index contributed by atoms with van der Waals surface area (Å²) in [5.74, 6) is 0. The third-order valence-corrected chi connectivity index (χ3v) is 14.3. The molecule has 0 bridgehead atoms. The smallest absolute Gasteiger partial charge is 0.0297 e. The molecule has 57 heavy (non-hydrogen) atoms. The fourth-order valence-electron chi connectivity index (χ4n) is 11.7. The minimum Gasteiger partial charge on any atom is -0.0776 e. The maximum absolute atomic E-state index is 2.12. The predicted molar refractivity (Wildman–Crippen MR) is 269 cm³/mol. The van der Waals surface area contributed by atoms with Crippen LogP contribution in [0.2, 0.25) is 0 Å². The molecule has 0 heterocycles. The SMILES string of the molecule is C.C.C1CCC2(C1)CCCC2.C1CCC2(CC1)CCCC2.C1CCC2(CC1)CCCC2.C1CCC2(CC1)CCCCC2.CCC.CCC.CCC.CCC.CCC. The molecule has 0 aromatic carbocycles. The summed E-state index contributed by atoms with van der Waals surface area (Å²) >= 11 is 0. The molecule has 0 nitrogen and oxygen atoms in total. The summed E-state index contributed by atoms with van der Waals surface area (Å²) in [6.45, 7) is 21.2. The molecule has 0 atom stereocenters. The van der Waals surface area contributed by atoms with Gasteiger partial charge in [0.1, 0.15) is 0 Å². The van der Waals surface area contributed by atoms with E-state index in [-0.39, 0.29) is 14.9 Å². The lowest BCUT2D eigenvalue weighted by Crippen LogP contribution is -2.26. The molecule has 8 aliphatic rings. The van der Waals surface area contributed by atoms with Crippen molar-refractivity contribution in [1.29, 1.82) is 0 Å². The molecule has 0 amide bonds. The van der Waals surface area contributed by atoms with E-state index in [9.17, 15) is 0 Å². The maximum Gasteiger partial charge on any atom is -0.0297 e. The Morgan fingerprint density at radius 1 is 0.175 bits per heavy atom. The first-order valence-corrected chi connectivity index (χ1v) is 26.7. The summed E-state index contributed by atoms with van der Waals surface area (Å²) < 4.78 is 0. The fourth-order valence-corrected chi connectivity index (χ4v) is 11.7. The quantitative estimate of drug-likeness (QED) is 0.229. The van der Waals surface area contributed by atoms with E-state index >= 15 is 0 Å². The van der Waals surface area contributed by atoms with Gasteiger partial charge in [0.2, 0.25) is 0 Å². The molecule has 8 saturated carbocycles. The van der Waals surface area contributed by atoms with Gasteiger partial charge >= 0.3 is 0 Å². The fraction of sp³-hybridized carbons (Fsp3) is 1.00. The van der Waals surface area contributed by atoms with Crippen LogP contribution in [0.3, 0.4) is 0 Å². The van der Waals surface area contributed by atoms with Gasteiger partial charge in [-0.25, -0.2) is 0 Å². The summed E-state index contributed by atoms with van der Waals surface area (Å²) in [5, 5.41) is 0. The molecule has 0 aromatic rings. The normalized spacial score (nSPS) is 23.5. The van der Waals surface area contributed by atoms with E-state index in [0.717, 1.165) is 21.7 Å². The first-order valence-electron chi connectivity index (χ1n) is 26.7. The number of hydrogen-bond acceptors (Lipinski definition) is 0. The van der Waals surface area contributed by atoms with Crippen molar-refractivity contribution in [2.75, 3.05) is 0 Å². The molecule has 8 aliphatic carbocycles. The largest absolute Gasteiger partial charge is 0.0776 e. The van der Waals surface area contributed by atoms with E-state index in [1.807, 2.05) is 0 Å². The Balaban J connectivity index is -0.000000606. The summed E-state index contributed by atoms with van der Waals surface area (Å²) in [6, 6.07) is 0. The minimum atomic E-state index is 0. The van der Waals surface area contributed by atoms with Crippen molar-refractivity contribution < 1.29 is 0 Å². The highest BCUT2D eigenvalue weighted by atomic mass is 14.4. The molecule has 348 valence electrons. The molecule has 8 fully saturated rings. The number of rotatable bonds is 0. The standard InChI is InChI=1S/C11H20.2C10H18.C9H16.5C3H8.2CH4/c1-3-7-11(8-4-1)9-5-2-6-10-11;2*1-2-6-10(7-3-1)8-4-5-9-10;1-2-6-9(5-1)7-3-4-8-9;5*1-3-2;;/h1-10H2;2*1-9H2;1-8H2;5*3H2,1-2H3;2*1H4. The third kappa shape index (κ3) is 28.3. The van der Waals surface area contributed by atoms with Crippen molar-refractivity contribution in [2.24, 2.45) is 21.7 Å². The Labute approximate surface area is 367 Å². The zero-order chi connectivity index (χ0) is 41.0. The molecule has 0 saturated heterocycles. The van der Waals surface area contributed by atoms with Crippen LogP contribution in [0.15, 0.2) is 0 Å². The Hall–Kier alpha value is 0. The molecular formula is C57H120. The van der Waals surface area contributed by atoms with Crippen LogP contribution in [0, 0.1) is 21.7 Å². The van der Waals surface area contributed by atoms with Crippen LogP contribution in [-0.2, 0) is 0 Å². The predicted octanol–water partition coefficient (Wildman–Crippen LogP) is 22.4. The van der Waals surface area contributed by atoms with Crippen LogP contribution in [0.5, 0.6) is 0 Å². The van der Waals surface area contributed by atoms with Crippen molar-refractivity contribution in [3.8, 4) is 0 Å². The Bertz CT molecular complexity index is 644. The number of hydrogen-bond donors (Lipinski definition) is 0. The van der Waals surface area contributed by atoms with Crippen molar-refractivity contribution in [3.63, 3.8) is 0 Å². The van der Waals surface area contributed by atoms with E-state index in [2.05, 4.69) is 69.2 Å². The zero-order valence-electron chi connectivity index (χ0n) is 41.0. The van der Waals surface area contributed by atoms with Gasteiger partial charge in [0, 0.05) is 0 Å². The van der Waals surface area contributed by atoms with Crippen molar-refractivity contribution in [3.05, 3.63) is 0 Å². The Morgan fingerprint density at radius 3 is 0.333 bits per heavy atom. The van der Waals surface area contributed by atoms with E-state index in [1.165, 1.54) is 161 Å². The second-order valence-corrected chi connectivity index (χ2v) is 20.6. The average Bonchev–Trinajstić information content (AvgIpc) is 4.04. The second-order valence-electron chi connectivity index (χ2n) is 20.6. The van der Waals surface area contributed by atoms with Crippen LogP contribution < -0.4 is 0 Å². The van der Waals surface area contributed by atoms with Crippen LogP contribution in [0.4, 0.5) is 0 Å². The topological polar surface area (TPSA) is 0 Å². The first kappa shape index (κ1) is 61.3. The Kier molecular flexibility index (Phi) is 43.1. The highest BCUT2D eigenvalue weighted by molar-refractivity contribution is 4.89. The average molecular weight is 806 g/mol. The second kappa shape index (κ2) is 40.1. The molecule has 0 aromatic heterocycles. The van der Waals surface area contributed by atoms with Gasteiger partial charge in [-0.1, -0.05) is 245 Å². The third-order valence-electron chi connectivity index (χ3n) is 14.3. The monoisotopic (exact) mass is 805 g/mol. The van der Waals surface area contributed by atoms with Crippen LogP contribution in [0.25, 0.3) is 0 Å². The van der Waals surface area contributed by atoms with Gasteiger partial charge in [0.05, 0.1) is 0 Å². The van der Waals surface area contributed by atoms with Crippen LogP contribution in [-0.4, -0.2) is 0 Å². The zero-order valence-corrected chi connectivity index (χ0v) is 41.0. The van der Waals surface area contributed by atoms with Crippen LogP contribution >= 0.6 is 0 Å².